The first-order valence-corrected chi connectivity index (χ1v) is 7.69. The summed E-state index contributed by atoms with van der Waals surface area (Å²) >= 11 is 11.2. The topological polar surface area (TPSA) is 38.7 Å². The number of aliphatic hydroxyl groups is 1. The fourth-order valence-corrected chi connectivity index (χ4v) is 3.77. The smallest absolute Gasteiger partial charge is 0.231 e. The highest BCUT2D eigenvalue weighted by molar-refractivity contribution is 9.10. The lowest BCUT2D eigenvalue weighted by Crippen LogP contribution is -2.01. The van der Waals surface area contributed by atoms with Crippen LogP contribution in [-0.2, 0) is 6.42 Å². The summed E-state index contributed by atoms with van der Waals surface area (Å²) < 4.78 is 11.6. The zero-order chi connectivity index (χ0) is 13.4. The van der Waals surface area contributed by atoms with Gasteiger partial charge >= 0.3 is 0 Å². The van der Waals surface area contributed by atoms with Gasteiger partial charge in [-0.05, 0) is 45.1 Å². The second-order valence-corrected chi connectivity index (χ2v) is 6.41. The van der Waals surface area contributed by atoms with Gasteiger partial charge in [0, 0.05) is 15.8 Å². The Morgan fingerprint density at radius 2 is 2.26 bits per heavy atom. The molecule has 1 aliphatic rings. The molecule has 3 rings (SSSR count). The molecular weight excluding hydrogens is 352 g/mol. The van der Waals surface area contributed by atoms with Crippen molar-refractivity contribution < 1.29 is 14.6 Å². The molecule has 0 aliphatic carbocycles. The van der Waals surface area contributed by atoms with Crippen molar-refractivity contribution in [1.82, 2.24) is 0 Å². The maximum atomic E-state index is 10.3. The van der Waals surface area contributed by atoms with E-state index in [1.807, 2.05) is 11.4 Å². The van der Waals surface area contributed by atoms with E-state index in [0.29, 0.717) is 22.9 Å². The summed E-state index contributed by atoms with van der Waals surface area (Å²) in [6.07, 6.45) is -0.0873. The molecule has 19 heavy (non-hydrogen) atoms. The number of hydrogen-bond donors (Lipinski definition) is 1. The van der Waals surface area contributed by atoms with Crippen molar-refractivity contribution in [2.24, 2.45) is 0 Å². The van der Waals surface area contributed by atoms with Crippen LogP contribution in [0.4, 0.5) is 0 Å². The Labute approximate surface area is 127 Å². The number of fused-ring (bicyclic) bond motifs is 1. The molecule has 1 aromatic heterocycles. The number of ether oxygens (including phenoxy) is 2. The molecule has 100 valence electrons. The third-order valence-corrected chi connectivity index (χ3v) is 5.13. The van der Waals surface area contributed by atoms with Gasteiger partial charge in [-0.3, -0.25) is 0 Å². The van der Waals surface area contributed by atoms with E-state index in [1.54, 1.807) is 23.5 Å². The molecule has 0 amide bonds. The van der Waals surface area contributed by atoms with Crippen LogP contribution in [0.1, 0.15) is 16.5 Å². The van der Waals surface area contributed by atoms with Crippen LogP contribution in [0.3, 0.4) is 0 Å². The summed E-state index contributed by atoms with van der Waals surface area (Å²) in [4.78, 5) is 1.10. The third-order valence-electron chi connectivity index (χ3n) is 2.90. The van der Waals surface area contributed by atoms with Gasteiger partial charge in [-0.2, -0.15) is 0 Å². The average molecular weight is 362 g/mol. The Balaban J connectivity index is 1.86. The number of rotatable bonds is 3. The minimum Gasteiger partial charge on any atom is -0.454 e. The van der Waals surface area contributed by atoms with Gasteiger partial charge in [0.15, 0.2) is 11.5 Å². The van der Waals surface area contributed by atoms with E-state index < -0.39 is 6.10 Å². The minimum atomic E-state index is -0.623. The minimum absolute atomic E-state index is 0.172. The number of thiophene rings is 1. The molecule has 0 saturated heterocycles. The number of halogens is 2. The first-order valence-electron chi connectivity index (χ1n) is 5.64. The highest BCUT2D eigenvalue weighted by atomic mass is 79.9. The summed E-state index contributed by atoms with van der Waals surface area (Å²) in [5, 5.41) is 12.8. The SMILES string of the molecule is OC(Cc1sccc1Br)c1cc(Cl)c2c(c1)OCO2. The molecule has 0 radical (unpaired) electrons. The Hall–Kier alpha value is -0.750. The summed E-state index contributed by atoms with van der Waals surface area (Å²) in [7, 11) is 0. The highest BCUT2D eigenvalue weighted by Crippen LogP contribution is 2.41. The Morgan fingerprint density at radius 3 is 3.00 bits per heavy atom. The largest absolute Gasteiger partial charge is 0.454 e. The van der Waals surface area contributed by atoms with E-state index >= 15 is 0 Å². The maximum Gasteiger partial charge on any atom is 0.231 e. The average Bonchev–Trinajstić information content (AvgIpc) is 2.99. The molecule has 1 aromatic carbocycles. The van der Waals surface area contributed by atoms with Crippen molar-refractivity contribution in [3.63, 3.8) is 0 Å². The van der Waals surface area contributed by atoms with Gasteiger partial charge < -0.3 is 14.6 Å². The van der Waals surface area contributed by atoms with E-state index in [-0.39, 0.29) is 6.79 Å². The molecule has 3 nitrogen and oxygen atoms in total. The van der Waals surface area contributed by atoms with E-state index in [4.69, 9.17) is 21.1 Å². The lowest BCUT2D eigenvalue weighted by molar-refractivity contribution is 0.171. The van der Waals surface area contributed by atoms with E-state index in [2.05, 4.69) is 15.9 Å². The molecule has 0 saturated carbocycles. The predicted octanol–water partition coefficient (Wildman–Crippen LogP) is 4.17. The molecule has 0 fully saturated rings. The lowest BCUT2D eigenvalue weighted by Gasteiger charge is -2.12. The lowest BCUT2D eigenvalue weighted by atomic mass is 10.1. The zero-order valence-electron chi connectivity index (χ0n) is 9.73. The summed E-state index contributed by atoms with van der Waals surface area (Å²) in [6, 6.07) is 5.47. The molecule has 1 unspecified atom stereocenters. The van der Waals surface area contributed by atoms with Crippen molar-refractivity contribution >= 4 is 38.9 Å². The fraction of sp³-hybridized carbons (Fsp3) is 0.231. The van der Waals surface area contributed by atoms with Gasteiger partial charge in [-0.1, -0.05) is 11.6 Å². The van der Waals surface area contributed by atoms with Crippen molar-refractivity contribution in [2.45, 2.75) is 12.5 Å². The number of aliphatic hydroxyl groups excluding tert-OH is 1. The molecule has 2 heterocycles. The zero-order valence-corrected chi connectivity index (χ0v) is 12.9. The number of hydrogen-bond acceptors (Lipinski definition) is 4. The molecule has 6 heteroatoms. The highest BCUT2D eigenvalue weighted by Gasteiger charge is 2.21. The third kappa shape index (κ3) is 2.60. The molecule has 0 spiro atoms. The van der Waals surface area contributed by atoms with Gasteiger partial charge in [0.1, 0.15) is 0 Å². The van der Waals surface area contributed by atoms with Crippen molar-refractivity contribution in [1.29, 1.82) is 0 Å². The second-order valence-electron chi connectivity index (χ2n) is 4.15. The van der Waals surface area contributed by atoms with Crippen LogP contribution in [0, 0.1) is 0 Å². The van der Waals surface area contributed by atoms with Gasteiger partial charge in [0.25, 0.3) is 0 Å². The summed E-state index contributed by atoms with van der Waals surface area (Å²) in [6.45, 7) is 0.172. The van der Waals surface area contributed by atoms with Crippen LogP contribution in [0.5, 0.6) is 11.5 Å². The summed E-state index contributed by atoms with van der Waals surface area (Å²) in [5.41, 5.74) is 0.731. The monoisotopic (exact) mass is 360 g/mol. The Morgan fingerprint density at radius 1 is 1.42 bits per heavy atom. The molecule has 0 bridgehead atoms. The van der Waals surface area contributed by atoms with Crippen LogP contribution < -0.4 is 9.47 Å². The van der Waals surface area contributed by atoms with Gasteiger partial charge in [-0.25, -0.2) is 0 Å². The van der Waals surface area contributed by atoms with E-state index in [1.165, 1.54) is 0 Å². The van der Waals surface area contributed by atoms with Crippen LogP contribution in [0.15, 0.2) is 28.1 Å². The predicted molar refractivity (Wildman–Crippen MR) is 78.3 cm³/mol. The number of benzene rings is 1. The van der Waals surface area contributed by atoms with Crippen LogP contribution in [-0.4, -0.2) is 11.9 Å². The molecule has 2 aromatic rings. The molecule has 1 aliphatic heterocycles. The Bertz CT molecular complexity index is 614. The normalized spacial score (nSPS) is 14.7. The Kier molecular flexibility index (Phi) is 3.71. The maximum absolute atomic E-state index is 10.3. The first kappa shape index (κ1) is 13.2. The molecule has 1 atom stereocenters. The second kappa shape index (κ2) is 5.32. The quantitative estimate of drug-likeness (QED) is 0.892. The van der Waals surface area contributed by atoms with Crippen molar-refractivity contribution in [3.05, 3.63) is 43.5 Å². The van der Waals surface area contributed by atoms with Crippen molar-refractivity contribution in [3.8, 4) is 11.5 Å². The van der Waals surface area contributed by atoms with E-state index in [9.17, 15) is 5.11 Å². The molecule has 1 N–H and O–H groups in total. The van der Waals surface area contributed by atoms with Crippen LogP contribution in [0.25, 0.3) is 0 Å². The van der Waals surface area contributed by atoms with Gasteiger partial charge in [-0.15, -0.1) is 11.3 Å². The van der Waals surface area contributed by atoms with Crippen molar-refractivity contribution in [2.75, 3.05) is 6.79 Å². The van der Waals surface area contributed by atoms with Crippen LogP contribution >= 0.6 is 38.9 Å². The van der Waals surface area contributed by atoms with Gasteiger partial charge in [0.05, 0.1) is 11.1 Å². The van der Waals surface area contributed by atoms with Crippen LogP contribution in [0.2, 0.25) is 5.02 Å². The fourth-order valence-electron chi connectivity index (χ4n) is 1.94. The van der Waals surface area contributed by atoms with E-state index in [0.717, 1.165) is 14.9 Å². The first-order chi connectivity index (χ1) is 9.15. The summed E-state index contributed by atoms with van der Waals surface area (Å²) in [5.74, 6) is 1.14. The van der Waals surface area contributed by atoms with Gasteiger partial charge in [0.2, 0.25) is 6.79 Å². The molecular formula is C13H10BrClO3S. The standard InChI is InChI=1S/C13H10BrClO3S/c14-8-1-2-19-12(8)5-10(16)7-3-9(15)13-11(4-7)17-6-18-13/h1-4,10,16H,5-6H2.